The Balaban J connectivity index is 2.00. The van der Waals surface area contributed by atoms with E-state index in [4.69, 9.17) is 0 Å². The molecule has 0 saturated heterocycles. The summed E-state index contributed by atoms with van der Waals surface area (Å²) < 4.78 is 17.7. The minimum absolute atomic E-state index is 0.190. The number of benzene rings is 3. The lowest BCUT2D eigenvalue weighted by Gasteiger charge is -2.12. The molecular weight excluding hydrogens is 355 g/mol. The predicted octanol–water partition coefficient (Wildman–Crippen LogP) is 4.15. The third-order valence-electron chi connectivity index (χ3n) is 4.80. The molecule has 2 aromatic heterocycles. The molecule has 0 bridgehead atoms. The third kappa shape index (κ3) is 2.35. The molecule has 0 unspecified atom stereocenters. The van der Waals surface area contributed by atoms with Crippen LogP contribution in [0.5, 0.6) is 0 Å². The maximum atomic E-state index is 14.5. The number of para-hydroxylation sites is 1. The smallest absolute Gasteiger partial charge is 0.267 e. The zero-order valence-electron chi connectivity index (χ0n) is 15.0. The number of aryl methyl sites for hydroxylation is 1. The molecule has 0 radical (unpaired) electrons. The number of rotatable bonds is 2. The van der Waals surface area contributed by atoms with Crippen LogP contribution in [0.1, 0.15) is 5.56 Å². The van der Waals surface area contributed by atoms with Crippen molar-refractivity contribution in [2.45, 2.75) is 6.92 Å². The van der Waals surface area contributed by atoms with Gasteiger partial charge in [-0.15, -0.1) is 10.2 Å². The van der Waals surface area contributed by atoms with Gasteiger partial charge in [-0.1, -0.05) is 42.0 Å². The summed E-state index contributed by atoms with van der Waals surface area (Å²) in [7, 11) is 0. The molecule has 0 saturated carbocycles. The lowest BCUT2D eigenvalue weighted by Crippen LogP contribution is -2.22. The highest BCUT2D eigenvalue weighted by Gasteiger charge is 2.20. The van der Waals surface area contributed by atoms with Crippen LogP contribution in [0.3, 0.4) is 0 Å². The molecule has 0 aliphatic rings. The molecule has 0 fully saturated rings. The van der Waals surface area contributed by atoms with Crippen LogP contribution in [-0.4, -0.2) is 19.2 Å². The Bertz CT molecular complexity index is 1400. The van der Waals surface area contributed by atoms with E-state index in [0.717, 1.165) is 5.56 Å². The SMILES string of the molecule is Cc1ccc2c(c1)c(=O)n(-c1ccccc1)c1nnc(-c3ccccc3F)n21. The Morgan fingerprint density at radius 2 is 1.64 bits per heavy atom. The van der Waals surface area contributed by atoms with Crippen molar-refractivity contribution in [2.24, 2.45) is 0 Å². The number of hydrogen-bond donors (Lipinski definition) is 0. The normalized spacial score (nSPS) is 11.4. The summed E-state index contributed by atoms with van der Waals surface area (Å²) in [5, 5.41) is 9.02. The molecule has 0 amide bonds. The maximum Gasteiger partial charge on any atom is 0.267 e. The third-order valence-corrected chi connectivity index (χ3v) is 4.80. The first kappa shape index (κ1) is 16.4. The lowest BCUT2D eigenvalue weighted by molar-refractivity contribution is 0.630. The molecule has 5 rings (SSSR count). The summed E-state index contributed by atoms with van der Waals surface area (Å²) in [6.45, 7) is 1.93. The van der Waals surface area contributed by atoms with Crippen molar-refractivity contribution < 1.29 is 4.39 Å². The second-order valence-corrected chi connectivity index (χ2v) is 6.64. The molecule has 0 atom stereocenters. The van der Waals surface area contributed by atoms with Crippen molar-refractivity contribution in [3.8, 4) is 17.1 Å². The molecule has 2 heterocycles. The molecule has 5 nitrogen and oxygen atoms in total. The molecular formula is C22H15FN4O. The van der Waals surface area contributed by atoms with E-state index in [1.165, 1.54) is 10.6 Å². The zero-order chi connectivity index (χ0) is 19.3. The van der Waals surface area contributed by atoms with Crippen LogP contribution in [0.25, 0.3) is 33.8 Å². The van der Waals surface area contributed by atoms with E-state index < -0.39 is 5.82 Å². The summed E-state index contributed by atoms with van der Waals surface area (Å²) in [6, 6.07) is 21.3. The predicted molar refractivity (Wildman–Crippen MR) is 106 cm³/mol. The van der Waals surface area contributed by atoms with Crippen LogP contribution in [-0.2, 0) is 0 Å². The number of nitrogens with zero attached hydrogens (tertiary/aromatic N) is 4. The van der Waals surface area contributed by atoms with Crippen molar-refractivity contribution in [3.05, 3.63) is 94.5 Å². The first-order valence-corrected chi connectivity index (χ1v) is 8.86. The maximum absolute atomic E-state index is 14.5. The van der Waals surface area contributed by atoms with E-state index in [0.29, 0.717) is 33.8 Å². The Kier molecular flexibility index (Phi) is 3.58. The second kappa shape index (κ2) is 6.13. The van der Waals surface area contributed by atoms with Crippen LogP contribution in [0.15, 0.2) is 77.6 Å². The summed E-state index contributed by atoms with van der Waals surface area (Å²) >= 11 is 0. The van der Waals surface area contributed by atoms with Crippen LogP contribution in [0.2, 0.25) is 0 Å². The van der Waals surface area contributed by atoms with Gasteiger partial charge in [0, 0.05) is 0 Å². The van der Waals surface area contributed by atoms with Gasteiger partial charge in [0.05, 0.1) is 22.2 Å². The van der Waals surface area contributed by atoms with E-state index >= 15 is 0 Å². The van der Waals surface area contributed by atoms with Gasteiger partial charge in [0.25, 0.3) is 5.56 Å². The summed E-state index contributed by atoms with van der Waals surface area (Å²) in [5.74, 6) is 0.298. The molecule has 0 spiro atoms. The van der Waals surface area contributed by atoms with E-state index in [9.17, 15) is 9.18 Å². The molecule has 0 N–H and O–H groups in total. The van der Waals surface area contributed by atoms with Gasteiger partial charge in [0.1, 0.15) is 5.82 Å². The van der Waals surface area contributed by atoms with Gasteiger partial charge in [0.2, 0.25) is 5.78 Å². The van der Waals surface area contributed by atoms with Crippen LogP contribution in [0.4, 0.5) is 4.39 Å². The van der Waals surface area contributed by atoms with E-state index in [-0.39, 0.29) is 5.56 Å². The number of fused-ring (bicyclic) bond motifs is 3. The van der Waals surface area contributed by atoms with Crippen LogP contribution >= 0.6 is 0 Å². The molecule has 28 heavy (non-hydrogen) atoms. The van der Waals surface area contributed by atoms with Crippen molar-refractivity contribution >= 4 is 16.7 Å². The second-order valence-electron chi connectivity index (χ2n) is 6.64. The number of halogens is 1. The largest absolute Gasteiger partial charge is 0.268 e. The summed E-state index contributed by atoms with van der Waals surface area (Å²) in [4.78, 5) is 13.3. The molecule has 5 aromatic rings. The van der Waals surface area contributed by atoms with Crippen molar-refractivity contribution in [1.29, 1.82) is 0 Å². The molecule has 3 aromatic carbocycles. The first-order chi connectivity index (χ1) is 13.6. The topological polar surface area (TPSA) is 52.2 Å². The molecule has 136 valence electrons. The van der Waals surface area contributed by atoms with Crippen molar-refractivity contribution in [3.63, 3.8) is 0 Å². The fourth-order valence-corrected chi connectivity index (χ4v) is 3.50. The highest BCUT2D eigenvalue weighted by atomic mass is 19.1. The van der Waals surface area contributed by atoms with Crippen molar-refractivity contribution in [1.82, 2.24) is 19.2 Å². The number of aromatic nitrogens is 4. The lowest BCUT2D eigenvalue weighted by atomic mass is 10.1. The van der Waals surface area contributed by atoms with E-state index in [1.807, 2.05) is 55.5 Å². The fourth-order valence-electron chi connectivity index (χ4n) is 3.50. The average molecular weight is 370 g/mol. The van der Waals surface area contributed by atoms with Gasteiger partial charge < -0.3 is 0 Å². The number of hydrogen-bond acceptors (Lipinski definition) is 3. The monoisotopic (exact) mass is 370 g/mol. The van der Waals surface area contributed by atoms with Crippen LogP contribution in [0, 0.1) is 12.7 Å². The average Bonchev–Trinajstić information content (AvgIpc) is 3.14. The van der Waals surface area contributed by atoms with Crippen LogP contribution < -0.4 is 5.56 Å². The zero-order valence-corrected chi connectivity index (χ0v) is 15.0. The fraction of sp³-hybridized carbons (Fsp3) is 0.0455. The summed E-state index contributed by atoms with van der Waals surface area (Å²) in [6.07, 6.45) is 0. The van der Waals surface area contributed by atoms with Gasteiger partial charge in [-0.3, -0.25) is 9.20 Å². The van der Waals surface area contributed by atoms with E-state index in [1.54, 1.807) is 22.6 Å². The highest BCUT2D eigenvalue weighted by molar-refractivity contribution is 5.83. The Labute approximate surface area is 159 Å². The standard InChI is InChI=1S/C22H15FN4O/c1-14-11-12-19-17(13-14)21(28)26(15-7-3-2-4-8-15)22-25-24-20(27(19)22)16-9-5-6-10-18(16)23/h2-13H,1H3. The van der Waals surface area contributed by atoms with Gasteiger partial charge in [0.15, 0.2) is 5.82 Å². The minimum atomic E-state index is -0.394. The summed E-state index contributed by atoms with van der Waals surface area (Å²) in [5.41, 5.74) is 2.42. The Hall–Kier alpha value is -3.80. The first-order valence-electron chi connectivity index (χ1n) is 8.86. The quantitative estimate of drug-likeness (QED) is 0.469. The van der Waals surface area contributed by atoms with E-state index in [2.05, 4.69) is 10.2 Å². The van der Waals surface area contributed by atoms with Gasteiger partial charge in [-0.05, 0) is 43.3 Å². The van der Waals surface area contributed by atoms with Gasteiger partial charge in [-0.25, -0.2) is 8.96 Å². The Morgan fingerprint density at radius 1 is 0.893 bits per heavy atom. The highest BCUT2D eigenvalue weighted by Crippen LogP contribution is 2.26. The van der Waals surface area contributed by atoms with Gasteiger partial charge >= 0.3 is 0 Å². The molecule has 0 aliphatic heterocycles. The minimum Gasteiger partial charge on any atom is -0.268 e. The van der Waals surface area contributed by atoms with Crippen molar-refractivity contribution in [2.75, 3.05) is 0 Å². The Morgan fingerprint density at radius 3 is 2.43 bits per heavy atom. The molecule has 6 heteroatoms. The van der Waals surface area contributed by atoms with Gasteiger partial charge in [-0.2, -0.15) is 0 Å². The molecule has 0 aliphatic carbocycles.